The van der Waals surface area contributed by atoms with E-state index in [1.807, 2.05) is 55.5 Å². The summed E-state index contributed by atoms with van der Waals surface area (Å²) in [5, 5.41) is 3.86. The minimum absolute atomic E-state index is 0.196. The molecule has 1 aromatic heterocycles. The van der Waals surface area contributed by atoms with Gasteiger partial charge in [0.2, 0.25) is 0 Å². The lowest BCUT2D eigenvalue weighted by Gasteiger charge is -2.36. The summed E-state index contributed by atoms with van der Waals surface area (Å²) in [6.07, 6.45) is 0.668. The molecule has 2 atom stereocenters. The minimum Gasteiger partial charge on any atom is -0.356 e. The number of hydrogen-bond donors (Lipinski definition) is 2. The molecule has 2 aliphatic rings. The second-order valence-corrected chi connectivity index (χ2v) is 11.1. The van der Waals surface area contributed by atoms with E-state index in [2.05, 4.69) is 10.3 Å². The molecule has 2 N–H and O–H groups in total. The molecule has 4 amide bonds. The number of H-pyrrole nitrogens is 1. The molecule has 0 bridgehead atoms. The second-order valence-electron chi connectivity index (χ2n) is 11.1. The van der Waals surface area contributed by atoms with Crippen LogP contribution in [0.15, 0.2) is 97.1 Å². The maximum absolute atomic E-state index is 14.3. The molecular formula is C35H29FN4O3. The molecule has 0 unspecified atom stereocenters. The fourth-order valence-electron chi connectivity index (χ4n) is 6.36. The number of anilines is 1. The Morgan fingerprint density at radius 1 is 0.930 bits per heavy atom. The number of carbonyl (C=O) groups is 3. The zero-order valence-corrected chi connectivity index (χ0v) is 23.5. The molecule has 5 aromatic rings. The Morgan fingerprint density at radius 3 is 2.47 bits per heavy atom. The highest BCUT2D eigenvalue weighted by Crippen LogP contribution is 2.45. The molecule has 8 heteroatoms. The summed E-state index contributed by atoms with van der Waals surface area (Å²) in [5.41, 5.74) is 5.78. The van der Waals surface area contributed by atoms with E-state index in [1.165, 1.54) is 6.07 Å². The first-order valence-corrected chi connectivity index (χ1v) is 14.4. The Morgan fingerprint density at radius 2 is 1.65 bits per heavy atom. The van der Waals surface area contributed by atoms with E-state index in [4.69, 9.17) is 0 Å². The third kappa shape index (κ3) is 4.46. The third-order valence-corrected chi connectivity index (χ3v) is 8.47. The number of aromatic amines is 1. The lowest BCUT2D eigenvalue weighted by molar-refractivity contribution is -0.120. The number of hydrogen-bond acceptors (Lipinski definition) is 3. The predicted molar refractivity (Wildman–Crippen MR) is 162 cm³/mol. The number of aromatic nitrogens is 1. The van der Waals surface area contributed by atoms with Crippen molar-refractivity contribution in [1.82, 2.24) is 15.2 Å². The van der Waals surface area contributed by atoms with Gasteiger partial charge < -0.3 is 10.3 Å². The van der Waals surface area contributed by atoms with Gasteiger partial charge in [-0.3, -0.25) is 14.5 Å². The van der Waals surface area contributed by atoms with Gasteiger partial charge in [0.15, 0.2) is 0 Å². The van der Waals surface area contributed by atoms with Crippen molar-refractivity contribution in [1.29, 1.82) is 0 Å². The molecule has 1 fully saturated rings. The second kappa shape index (κ2) is 10.5. The summed E-state index contributed by atoms with van der Waals surface area (Å²) in [4.78, 5) is 48.1. The van der Waals surface area contributed by atoms with E-state index in [1.54, 1.807) is 47.4 Å². The van der Waals surface area contributed by atoms with Crippen LogP contribution in [-0.4, -0.2) is 40.3 Å². The van der Waals surface area contributed by atoms with Gasteiger partial charge in [-0.15, -0.1) is 0 Å². The van der Waals surface area contributed by atoms with Gasteiger partial charge in [0.25, 0.3) is 11.8 Å². The molecule has 7 rings (SSSR count). The quantitative estimate of drug-likeness (QED) is 0.242. The van der Waals surface area contributed by atoms with Gasteiger partial charge in [0, 0.05) is 29.6 Å². The third-order valence-electron chi connectivity index (χ3n) is 8.47. The van der Waals surface area contributed by atoms with E-state index in [9.17, 15) is 18.8 Å². The maximum Gasteiger partial charge on any atom is 0.332 e. The number of carbonyl (C=O) groups excluding carboxylic acids is 3. The number of halogens is 1. The van der Waals surface area contributed by atoms with Crippen molar-refractivity contribution < 1.29 is 18.8 Å². The number of benzene rings is 4. The van der Waals surface area contributed by atoms with Crippen LogP contribution in [0.2, 0.25) is 0 Å². The summed E-state index contributed by atoms with van der Waals surface area (Å²) in [7, 11) is 0. The molecule has 7 nitrogen and oxygen atoms in total. The Balaban J connectivity index is 1.24. The Kier molecular flexibility index (Phi) is 6.54. The number of nitrogens with zero attached hydrogens (tertiary/aromatic N) is 2. The summed E-state index contributed by atoms with van der Waals surface area (Å²) < 4.78 is 14.1. The van der Waals surface area contributed by atoms with Crippen LogP contribution in [-0.2, 0) is 17.6 Å². The Bertz CT molecular complexity index is 1900. The molecule has 43 heavy (non-hydrogen) atoms. The summed E-state index contributed by atoms with van der Waals surface area (Å²) in [6, 6.07) is 27.3. The van der Waals surface area contributed by atoms with E-state index < -0.39 is 24.0 Å². The molecule has 214 valence electrons. The number of nitrogens with one attached hydrogen (secondary N) is 2. The van der Waals surface area contributed by atoms with Crippen LogP contribution < -0.4 is 10.2 Å². The highest BCUT2D eigenvalue weighted by Gasteiger charge is 2.53. The summed E-state index contributed by atoms with van der Waals surface area (Å²) >= 11 is 0. The van der Waals surface area contributed by atoms with Crippen molar-refractivity contribution in [3.05, 3.63) is 136 Å². The molecule has 2 aliphatic heterocycles. The topological polar surface area (TPSA) is 85.5 Å². The SMILES string of the molecule is Cc1ccc([C@@H]2c3[nH]c4ccccc4c3C[C@H]3C(=O)N(c4ccccc4C(=O)NCCc4ccccc4F)C(=O)N23)cc1. The first-order chi connectivity index (χ1) is 20.9. The molecule has 0 spiro atoms. The lowest BCUT2D eigenvalue weighted by Crippen LogP contribution is -2.44. The van der Waals surface area contributed by atoms with Crippen LogP contribution in [0.4, 0.5) is 14.9 Å². The molecule has 0 saturated carbocycles. The fourth-order valence-corrected chi connectivity index (χ4v) is 6.36. The van der Waals surface area contributed by atoms with E-state index in [0.29, 0.717) is 18.4 Å². The van der Waals surface area contributed by atoms with Gasteiger partial charge in [-0.25, -0.2) is 14.1 Å². The molecule has 4 aromatic carbocycles. The molecule has 1 saturated heterocycles. The number of imide groups is 1. The zero-order valence-electron chi connectivity index (χ0n) is 23.5. The van der Waals surface area contributed by atoms with Gasteiger partial charge in [0.05, 0.1) is 11.3 Å². The van der Waals surface area contributed by atoms with Crippen LogP contribution in [0.25, 0.3) is 10.9 Å². The average Bonchev–Trinajstić information content (AvgIpc) is 3.51. The number of fused-ring (bicyclic) bond motifs is 4. The van der Waals surface area contributed by atoms with Crippen LogP contribution in [0, 0.1) is 12.7 Å². The normalized spacial score (nSPS) is 17.7. The van der Waals surface area contributed by atoms with E-state index in [0.717, 1.165) is 38.2 Å². The number of urea groups is 1. The van der Waals surface area contributed by atoms with Crippen LogP contribution in [0.1, 0.15) is 44.3 Å². The molecule has 0 radical (unpaired) electrons. The van der Waals surface area contributed by atoms with Crippen molar-refractivity contribution in [2.45, 2.75) is 31.8 Å². The number of amides is 4. The number of para-hydroxylation sites is 2. The van der Waals surface area contributed by atoms with Crippen molar-refractivity contribution in [3.8, 4) is 0 Å². The first kappa shape index (κ1) is 26.6. The van der Waals surface area contributed by atoms with Crippen LogP contribution in [0.3, 0.4) is 0 Å². The monoisotopic (exact) mass is 572 g/mol. The zero-order chi connectivity index (χ0) is 29.7. The average molecular weight is 573 g/mol. The molecular weight excluding hydrogens is 543 g/mol. The van der Waals surface area contributed by atoms with Crippen LogP contribution in [0.5, 0.6) is 0 Å². The van der Waals surface area contributed by atoms with Crippen molar-refractivity contribution in [3.63, 3.8) is 0 Å². The predicted octanol–water partition coefficient (Wildman–Crippen LogP) is 6.07. The Hall–Kier alpha value is -5.24. The lowest BCUT2D eigenvalue weighted by atomic mass is 9.88. The van der Waals surface area contributed by atoms with Crippen LogP contribution >= 0.6 is 0 Å². The van der Waals surface area contributed by atoms with E-state index >= 15 is 0 Å². The summed E-state index contributed by atoms with van der Waals surface area (Å²) in [5.74, 6) is -1.14. The van der Waals surface area contributed by atoms with Crippen molar-refractivity contribution in [2.24, 2.45) is 0 Å². The van der Waals surface area contributed by atoms with Gasteiger partial charge in [-0.2, -0.15) is 0 Å². The largest absolute Gasteiger partial charge is 0.356 e. The highest BCUT2D eigenvalue weighted by molar-refractivity contribution is 6.24. The van der Waals surface area contributed by atoms with Crippen molar-refractivity contribution >= 4 is 34.4 Å². The standard InChI is InChI=1S/C35H29FN4O3/c1-21-14-16-23(17-15-21)32-31-26(24-9-3-6-12-28(24)38-31)20-30-34(42)40(35(43)39(30)32)29-13-7-4-10-25(29)33(41)37-19-18-22-8-2-5-11-27(22)36/h2-17,30,32,38H,18-20H2,1H3,(H,37,41)/t30-,32+/m0/s1. The van der Waals surface area contributed by atoms with Gasteiger partial charge in [-0.05, 0) is 54.3 Å². The first-order valence-electron chi connectivity index (χ1n) is 14.4. The Labute approximate surface area is 247 Å². The molecule has 3 heterocycles. The van der Waals surface area contributed by atoms with Crippen molar-refractivity contribution in [2.75, 3.05) is 11.4 Å². The van der Waals surface area contributed by atoms with Gasteiger partial charge >= 0.3 is 6.03 Å². The number of rotatable bonds is 6. The maximum atomic E-state index is 14.3. The smallest absolute Gasteiger partial charge is 0.332 e. The fraction of sp³-hybridized carbons (Fsp3) is 0.171. The van der Waals surface area contributed by atoms with Gasteiger partial charge in [0.1, 0.15) is 17.9 Å². The highest BCUT2D eigenvalue weighted by atomic mass is 19.1. The summed E-state index contributed by atoms with van der Waals surface area (Å²) in [6.45, 7) is 2.20. The van der Waals surface area contributed by atoms with Gasteiger partial charge in [-0.1, -0.05) is 78.4 Å². The molecule has 0 aliphatic carbocycles. The minimum atomic E-state index is -0.734. The van der Waals surface area contributed by atoms with E-state index in [-0.39, 0.29) is 29.5 Å². The number of aryl methyl sites for hydroxylation is 1.